The van der Waals surface area contributed by atoms with Crippen molar-refractivity contribution in [3.8, 4) is 6.07 Å². The van der Waals surface area contributed by atoms with Crippen LogP contribution in [0, 0.1) is 17.2 Å². The Morgan fingerprint density at radius 3 is 2.65 bits per heavy atom. The molecule has 1 fully saturated rings. The van der Waals surface area contributed by atoms with E-state index < -0.39 is 0 Å². The molecule has 1 aromatic carbocycles. The number of rotatable bonds is 4. The van der Waals surface area contributed by atoms with Gasteiger partial charge in [-0.25, -0.2) is 0 Å². The summed E-state index contributed by atoms with van der Waals surface area (Å²) in [6.07, 6.45) is 1.73. The highest BCUT2D eigenvalue weighted by atomic mass is 16.1. The zero-order chi connectivity index (χ0) is 14.5. The van der Waals surface area contributed by atoms with Crippen LogP contribution in [-0.4, -0.2) is 29.9 Å². The highest BCUT2D eigenvalue weighted by molar-refractivity contribution is 5.90. The van der Waals surface area contributed by atoms with E-state index in [1.807, 2.05) is 0 Å². The lowest BCUT2D eigenvalue weighted by Gasteiger charge is -2.20. The molecule has 2 rings (SSSR count). The predicted octanol–water partition coefficient (Wildman–Crippen LogP) is 2.62. The summed E-state index contributed by atoms with van der Waals surface area (Å²) >= 11 is 0. The maximum atomic E-state index is 11.9. The van der Waals surface area contributed by atoms with Gasteiger partial charge < -0.3 is 5.32 Å². The van der Waals surface area contributed by atoms with Gasteiger partial charge in [0.1, 0.15) is 0 Å². The molecule has 0 spiro atoms. The molecule has 1 aliphatic rings. The van der Waals surface area contributed by atoms with E-state index in [4.69, 9.17) is 5.26 Å². The van der Waals surface area contributed by atoms with Crippen molar-refractivity contribution < 1.29 is 4.79 Å². The average Bonchev–Trinajstić information content (AvgIpc) is 2.75. The van der Waals surface area contributed by atoms with Crippen LogP contribution in [0.2, 0.25) is 0 Å². The number of hydrogen-bond donors (Lipinski definition) is 1. The largest absolute Gasteiger partial charge is 0.326 e. The van der Waals surface area contributed by atoms with Gasteiger partial charge in [0.25, 0.3) is 0 Å². The smallest absolute Gasteiger partial charge is 0.225 e. The van der Waals surface area contributed by atoms with E-state index in [0.29, 0.717) is 18.0 Å². The fourth-order valence-corrected chi connectivity index (χ4v) is 2.79. The standard InChI is InChI=1S/C16H21N3O/c1-12-9-13(2)19(11-12)8-7-16(20)18-15-5-3-14(10-17)4-6-15/h3-6,12-13H,7-9,11H2,1-2H3,(H,18,20). The third-order valence-electron chi connectivity index (χ3n) is 3.84. The third-order valence-corrected chi connectivity index (χ3v) is 3.84. The lowest BCUT2D eigenvalue weighted by Crippen LogP contribution is -2.30. The van der Waals surface area contributed by atoms with Crippen LogP contribution in [0.15, 0.2) is 24.3 Å². The minimum Gasteiger partial charge on any atom is -0.326 e. The molecular weight excluding hydrogens is 250 g/mol. The van der Waals surface area contributed by atoms with E-state index in [1.54, 1.807) is 24.3 Å². The summed E-state index contributed by atoms with van der Waals surface area (Å²) in [5.74, 6) is 0.757. The van der Waals surface area contributed by atoms with Gasteiger partial charge in [-0.3, -0.25) is 9.69 Å². The van der Waals surface area contributed by atoms with E-state index in [0.717, 1.165) is 24.7 Å². The summed E-state index contributed by atoms with van der Waals surface area (Å²) in [7, 11) is 0. The summed E-state index contributed by atoms with van der Waals surface area (Å²) in [6.45, 7) is 6.38. The van der Waals surface area contributed by atoms with Gasteiger partial charge in [-0.1, -0.05) is 6.92 Å². The van der Waals surface area contributed by atoms with Crippen molar-refractivity contribution in [3.05, 3.63) is 29.8 Å². The molecule has 0 aromatic heterocycles. The van der Waals surface area contributed by atoms with Gasteiger partial charge in [0.15, 0.2) is 0 Å². The number of anilines is 1. The second-order valence-electron chi connectivity index (χ2n) is 5.67. The second kappa shape index (κ2) is 6.53. The van der Waals surface area contributed by atoms with Gasteiger partial charge in [-0.15, -0.1) is 0 Å². The van der Waals surface area contributed by atoms with Crippen molar-refractivity contribution in [1.82, 2.24) is 4.90 Å². The average molecular weight is 271 g/mol. The second-order valence-corrected chi connectivity index (χ2v) is 5.67. The van der Waals surface area contributed by atoms with Crippen molar-refractivity contribution in [3.63, 3.8) is 0 Å². The van der Waals surface area contributed by atoms with E-state index in [2.05, 4.69) is 30.1 Å². The minimum atomic E-state index is 0.0291. The normalized spacial score (nSPS) is 22.4. The van der Waals surface area contributed by atoms with Crippen LogP contribution in [-0.2, 0) is 4.79 Å². The van der Waals surface area contributed by atoms with Crippen molar-refractivity contribution in [2.45, 2.75) is 32.7 Å². The maximum absolute atomic E-state index is 11.9. The Bertz CT molecular complexity index is 503. The number of nitriles is 1. The molecule has 1 amide bonds. The van der Waals surface area contributed by atoms with Crippen molar-refractivity contribution in [1.29, 1.82) is 5.26 Å². The lowest BCUT2D eigenvalue weighted by molar-refractivity contribution is -0.116. The topological polar surface area (TPSA) is 56.1 Å². The van der Waals surface area contributed by atoms with Crippen molar-refractivity contribution >= 4 is 11.6 Å². The molecule has 1 aromatic rings. The highest BCUT2D eigenvalue weighted by Crippen LogP contribution is 2.22. The van der Waals surface area contributed by atoms with Gasteiger partial charge in [0.05, 0.1) is 11.6 Å². The molecule has 20 heavy (non-hydrogen) atoms. The number of nitrogens with zero attached hydrogens (tertiary/aromatic N) is 2. The van der Waals surface area contributed by atoms with E-state index in [-0.39, 0.29) is 5.91 Å². The minimum absolute atomic E-state index is 0.0291. The molecule has 1 saturated heterocycles. The first-order valence-corrected chi connectivity index (χ1v) is 7.12. The molecule has 4 heteroatoms. The molecule has 0 bridgehead atoms. The molecular formula is C16H21N3O. The Kier molecular flexibility index (Phi) is 4.75. The van der Waals surface area contributed by atoms with Crippen LogP contribution in [0.1, 0.15) is 32.3 Å². The first-order valence-electron chi connectivity index (χ1n) is 7.12. The molecule has 1 aliphatic heterocycles. The monoisotopic (exact) mass is 271 g/mol. The quantitative estimate of drug-likeness (QED) is 0.915. The zero-order valence-corrected chi connectivity index (χ0v) is 12.1. The van der Waals surface area contributed by atoms with Crippen molar-refractivity contribution in [2.75, 3.05) is 18.4 Å². The molecule has 0 aliphatic carbocycles. The SMILES string of the molecule is CC1CC(C)N(CCC(=O)Nc2ccc(C#N)cc2)C1. The summed E-state index contributed by atoms with van der Waals surface area (Å²) in [6, 6.07) is 9.57. The van der Waals surface area contributed by atoms with Gasteiger partial charge in [-0.2, -0.15) is 5.26 Å². The maximum Gasteiger partial charge on any atom is 0.225 e. The number of benzene rings is 1. The molecule has 106 valence electrons. The van der Waals surface area contributed by atoms with Crippen LogP contribution >= 0.6 is 0 Å². The van der Waals surface area contributed by atoms with E-state index in [9.17, 15) is 4.79 Å². The number of carbonyl (C=O) groups excluding carboxylic acids is 1. The fraction of sp³-hybridized carbons (Fsp3) is 0.500. The Morgan fingerprint density at radius 2 is 2.10 bits per heavy atom. The van der Waals surface area contributed by atoms with Crippen LogP contribution in [0.3, 0.4) is 0 Å². The summed E-state index contributed by atoms with van der Waals surface area (Å²) in [5.41, 5.74) is 1.35. The summed E-state index contributed by atoms with van der Waals surface area (Å²) in [5, 5.41) is 11.6. The van der Waals surface area contributed by atoms with Crippen LogP contribution in [0.5, 0.6) is 0 Å². The van der Waals surface area contributed by atoms with Gasteiger partial charge in [0.2, 0.25) is 5.91 Å². The zero-order valence-electron chi connectivity index (χ0n) is 12.1. The molecule has 0 saturated carbocycles. The highest BCUT2D eigenvalue weighted by Gasteiger charge is 2.25. The van der Waals surface area contributed by atoms with E-state index >= 15 is 0 Å². The van der Waals surface area contributed by atoms with Crippen LogP contribution < -0.4 is 5.32 Å². The number of likely N-dealkylation sites (tertiary alicyclic amines) is 1. The lowest BCUT2D eigenvalue weighted by atomic mass is 10.1. The summed E-state index contributed by atoms with van der Waals surface area (Å²) in [4.78, 5) is 14.3. The van der Waals surface area contributed by atoms with Gasteiger partial charge >= 0.3 is 0 Å². The first-order chi connectivity index (χ1) is 9.58. The summed E-state index contributed by atoms with van der Waals surface area (Å²) < 4.78 is 0. The molecule has 2 atom stereocenters. The van der Waals surface area contributed by atoms with Gasteiger partial charge in [0, 0.05) is 31.2 Å². The Balaban J connectivity index is 1.79. The fourth-order valence-electron chi connectivity index (χ4n) is 2.79. The predicted molar refractivity (Wildman–Crippen MR) is 79.2 cm³/mol. The molecule has 1 heterocycles. The number of carbonyl (C=O) groups is 1. The number of nitrogens with one attached hydrogen (secondary N) is 1. The Morgan fingerprint density at radius 1 is 1.40 bits per heavy atom. The van der Waals surface area contributed by atoms with Crippen LogP contribution in [0.25, 0.3) is 0 Å². The Labute approximate surface area is 120 Å². The number of amides is 1. The molecule has 2 unspecified atom stereocenters. The van der Waals surface area contributed by atoms with Crippen LogP contribution in [0.4, 0.5) is 5.69 Å². The Hall–Kier alpha value is -1.86. The molecule has 4 nitrogen and oxygen atoms in total. The number of hydrogen-bond acceptors (Lipinski definition) is 3. The first kappa shape index (κ1) is 14.5. The van der Waals surface area contributed by atoms with Crippen molar-refractivity contribution in [2.24, 2.45) is 5.92 Å². The van der Waals surface area contributed by atoms with Gasteiger partial charge in [-0.05, 0) is 43.5 Å². The van der Waals surface area contributed by atoms with E-state index in [1.165, 1.54) is 6.42 Å². The molecule has 0 radical (unpaired) electrons. The third kappa shape index (κ3) is 3.82. The molecule has 1 N–H and O–H groups in total.